The Hall–Kier alpha value is -1.08. The van der Waals surface area contributed by atoms with E-state index in [-0.39, 0.29) is 17.9 Å². The van der Waals surface area contributed by atoms with Gasteiger partial charge in [0.05, 0.1) is 18.8 Å². The maximum atomic E-state index is 10.4. The standard InChI is InChI=1S/C21H32O3/c1-4-6-7-15(3)20(22)9-8-18-19-13-16(10-11-24-5-2)12-17(19)14-21(18)23/h8-10,15,17-23H,5,7,11-14H2,1-3H3/b9-8+,16-10+/t15?,17-,18+,19-,20+,21+/m0/s1. The van der Waals surface area contributed by atoms with Gasteiger partial charge in [0, 0.05) is 18.9 Å². The average Bonchev–Trinajstić information content (AvgIpc) is 3.07. The number of hydrogen-bond acceptors (Lipinski definition) is 3. The number of ether oxygens (including phenoxy) is 1. The van der Waals surface area contributed by atoms with Gasteiger partial charge in [-0.05, 0) is 50.9 Å². The first kappa shape index (κ1) is 19.2. The molecule has 0 aromatic rings. The molecule has 3 nitrogen and oxygen atoms in total. The van der Waals surface area contributed by atoms with Gasteiger partial charge in [0.15, 0.2) is 0 Å². The van der Waals surface area contributed by atoms with Gasteiger partial charge in [-0.1, -0.05) is 30.7 Å². The minimum absolute atomic E-state index is 0.119. The minimum atomic E-state index is -0.494. The van der Waals surface area contributed by atoms with Gasteiger partial charge in [0.2, 0.25) is 0 Å². The normalized spacial score (nSPS) is 33.5. The van der Waals surface area contributed by atoms with E-state index in [2.05, 4.69) is 24.0 Å². The topological polar surface area (TPSA) is 49.7 Å². The number of hydrogen-bond donors (Lipinski definition) is 2. The maximum absolute atomic E-state index is 10.4. The third-order valence-electron chi connectivity index (χ3n) is 5.52. The van der Waals surface area contributed by atoms with E-state index < -0.39 is 6.10 Å². The predicted octanol–water partition coefficient (Wildman–Crippen LogP) is 3.32. The number of fused-ring (bicyclic) bond motifs is 1. The van der Waals surface area contributed by atoms with Crippen molar-refractivity contribution in [3.05, 3.63) is 23.8 Å². The molecule has 0 heterocycles. The summed E-state index contributed by atoms with van der Waals surface area (Å²) in [6.07, 6.45) is 9.09. The number of aliphatic hydroxyl groups excluding tert-OH is 2. The smallest absolute Gasteiger partial charge is 0.0755 e. The summed E-state index contributed by atoms with van der Waals surface area (Å²) in [6, 6.07) is 0. The van der Waals surface area contributed by atoms with Gasteiger partial charge >= 0.3 is 0 Å². The molecule has 1 unspecified atom stereocenters. The Kier molecular flexibility index (Phi) is 7.55. The van der Waals surface area contributed by atoms with Crippen LogP contribution in [-0.4, -0.2) is 35.6 Å². The van der Waals surface area contributed by atoms with Crippen LogP contribution in [0.25, 0.3) is 0 Å². The van der Waals surface area contributed by atoms with Crippen LogP contribution in [0.2, 0.25) is 0 Å². The predicted molar refractivity (Wildman–Crippen MR) is 97.3 cm³/mol. The van der Waals surface area contributed by atoms with Crippen molar-refractivity contribution in [2.24, 2.45) is 23.7 Å². The molecule has 0 aromatic heterocycles. The summed E-state index contributed by atoms with van der Waals surface area (Å²) in [5, 5.41) is 20.7. The third kappa shape index (κ3) is 4.96. The summed E-state index contributed by atoms with van der Waals surface area (Å²) >= 11 is 0. The highest BCUT2D eigenvalue weighted by Crippen LogP contribution is 2.50. The van der Waals surface area contributed by atoms with E-state index in [1.165, 1.54) is 5.57 Å². The van der Waals surface area contributed by atoms with Crippen molar-refractivity contribution in [3.8, 4) is 11.8 Å². The highest BCUT2D eigenvalue weighted by molar-refractivity contribution is 5.18. The first-order valence-corrected chi connectivity index (χ1v) is 9.26. The number of allylic oxidation sites excluding steroid dienone is 1. The van der Waals surface area contributed by atoms with Crippen LogP contribution in [0.1, 0.15) is 46.5 Å². The molecule has 0 bridgehead atoms. The highest BCUT2D eigenvalue weighted by Gasteiger charge is 2.44. The zero-order valence-electron chi connectivity index (χ0n) is 15.2. The Morgan fingerprint density at radius 3 is 2.88 bits per heavy atom. The minimum Gasteiger partial charge on any atom is -0.392 e. The molecule has 0 saturated heterocycles. The number of rotatable bonds is 7. The van der Waals surface area contributed by atoms with Crippen molar-refractivity contribution in [2.75, 3.05) is 13.2 Å². The van der Waals surface area contributed by atoms with Gasteiger partial charge in [-0.25, -0.2) is 0 Å². The van der Waals surface area contributed by atoms with E-state index in [1.54, 1.807) is 0 Å². The van der Waals surface area contributed by atoms with Gasteiger partial charge in [0.25, 0.3) is 0 Å². The van der Waals surface area contributed by atoms with Crippen LogP contribution in [0.4, 0.5) is 0 Å². The van der Waals surface area contributed by atoms with Crippen LogP contribution in [0.15, 0.2) is 23.8 Å². The lowest BCUT2D eigenvalue weighted by atomic mass is 9.89. The average molecular weight is 332 g/mol. The maximum Gasteiger partial charge on any atom is 0.0755 e. The molecule has 24 heavy (non-hydrogen) atoms. The quantitative estimate of drug-likeness (QED) is 0.427. The molecule has 6 atom stereocenters. The first-order chi connectivity index (χ1) is 11.6. The molecule has 0 aliphatic heterocycles. The highest BCUT2D eigenvalue weighted by atomic mass is 16.5. The molecule has 2 saturated carbocycles. The summed E-state index contributed by atoms with van der Waals surface area (Å²) in [5.74, 6) is 7.24. The van der Waals surface area contributed by atoms with Gasteiger partial charge in [-0.15, -0.1) is 11.8 Å². The van der Waals surface area contributed by atoms with Crippen molar-refractivity contribution in [1.82, 2.24) is 0 Å². The van der Waals surface area contributed by atoms with Crippen LogP contribution >= 0.6 is 0 Å². The Labute approximate surface area is 146 Å². The Morgan fingerprint density at radius 1 is 1.38 bits per heavy atom. The zero-order valence-corrected chi connectivity index (χ0v) is 15.2. The molecular weight excluding hydrogens is 300 g/mol. The molecule has 0 amide bonds. The second kappa shape index (κ2) is 9.42. The fourth-order valence-corrected chi connectivity index (χ4v) is 4.05. The third-order valence-corrected chi connectivity index (χ3v) is 5.52. The van der Waals surface area contributed by atoms with Crippen LogP contribution in [0.3, 0.4) is 0 Å². The lowest BCUT2D eigenvalue weighted by molar-refractivity contribution is 0.136. The fraction of sp³-hybridized carbons (Fsp3) is 0.714. The van der Waals surface area contributed by atoms with Gasteiger partial charge < -0.3 is 14.9 Å². The largest absolute Gasteiger partial charge is 0.392 e. The summed E-state index contributed by atoms with van der Waals surface area (Å²) in [7, 11) is 0. The lowest BCUT2D eigenvalue weighted by Gasteiger charge is -2.19. The van der Waals surface area contributed by atoms with Crippen molar-refractivity contribution < 1.29 is 14.9 Å². The van der Waals surface area contributed by atoms with Gasteiger partial charge in [-0.2, -0.15) is 0 Å². The molecule has 2 aliphatic carbocycles. The van der Waals surface area contributed by atoms with Crippen LogP contribution in [0, 0.1) is 35.5 Å². The SMILES string of the molecule is CC#CCC(C)[C@H](O)/C=C/[C@@H]1[C@H]2C/C(=C/COCC)C[C@H]2C[C@H]1O. The molecule has 0 aromatic carbocycles. The van der Waals surface area contributed by atoms with Crippen molar-refractivity contribution >= 4 is 0 Å². The first-order valence-electron chi connectivity index (χ1n) is 9.26. The van der Waals surface area contributed by atoms with Crippen LogP contribution in [0.5, 0.6) is 0 Å². The van der Waals surface area contributed by atoms with Gasteiger partial charge in [-0.3, -0.25) is 0 Å². The Bertz CT molecular complexity index is 511. The molecule has 2 N–H and O–H groups in total. The monoisotopic (exact) mass is 332 g/mol. The summed E-state index contributed by atoms with van der Waals surface area (Å²) in [6.45, 7) is 7.29. The fourth-order valence-electron chi connectivity index (χ4n) is 4.05. The molecule has 0 radical (unpaired) electrons. The van der Waals surface area contributed by atoms with Crippen LogP contribution in [-0.2, 0) is 4.74 Å². The van der Waals surface area contributed by atoms with E-state index in [4.69, 9.17) is 4.74 Å². The number of aliphatic hydroxyl groups is 2. The molecule has 3 heteroatoms. The van der Waals surface area contributed by atoms with Crippen LogP contribution < -0.4 is 0 Å². The molecule has 134 valence electrons. The zero-order chi connectivity index (χ0) is 17.5. The Balaban J connectivity index is 1.93. The van der Waals surface area contributed by atoms with Gasteiger partial charge in [0.1, 0.15) is 0 Å². The summed E-state index contributed by atoms with van der Waals surface area (Å²) in [4.78, 5) is 0. The van der Waals surface area contributed by atoms with Crippen molar-refractivity contribution in [3.63, 3.8) is 0 Å². The molecular formula is C21H32O3. The molecule has 2 fully saturated rings. The van der Waals surface area contributed by atoms with E-state index in [9.17, 15) is 10.2 Å². The van der Waals surface area contributed by atoms with E-state index in [0.29, 0.717) is 24.9 Å². The van der Waals surface area contributed by atoms with Crippen molar-refractivity contribution in [1.29, 1.82) is 0 Å². The molecule has 2 aliphatic rings. The summed E-state index contributed by atoms with van der Waals surface area (Å²) in [5.41, 5.74) is 1.47. The second-order valence-electron chi connectivity index (χ2n) is 7.22. The summed E-state index contributed by atoms with van der Waals surface area (Å²) < 4.78 is 5.42. The van der Waals surface area contributed by atoms with E-state index in [0.717, 1.165) is 25.9 Å². The molecule has 0 spiro atoms. The second-order valence-corrected chi connectivity index (χ2v) is 7.22. The lowest BCUT2D eigenvalue weighted by Crippen LogP contribution is -2.19. The van der Waals surface area contributed by atoms with E-state index in [1.807, 2.05) is 26.8 Å². The Morgan fingerprint density at radius 2 is 2.17 bits per heavy atom. The van der Waals surface area contributed by atoms with E-state index >= 15 is 0 Å². The van der Waals surface area contributed by atoms with Crippen molar-refractivity contribution in [2.45, 2.75) is 58.7 Å². The molecule has 2 rings (SSSR count).